The Bertz CT molecular complexity index is 592. The highest BCUT2D eigenvalue weighted by Crippen LogP contribution is 2.47. The van der Waals surface area contributed by atoms with E-state index in [0.29, 0.717) is 12.7 Å². The lowest BCUT2D eigenvalue weighted by molar-refractivity contribution is -0.141. The summed E-state index contributed by atoms with van der Waals surface area (Å²) in [5.74, 6) is 0. The largest absolute Gasteiger partial charge is 0.435 e. The summed E-state index contributed by atoms with van der Waals surface area (Å²) in [6, 6.07) is 1.55. The van der Waals surface area contributed by atoms with Crippen LogP contribution in [0.3, 0.4) is 0 Å². The first-order chi connectivity index (χ1) is 11.4. The Morgan fingerprint density at radius 3 is 2.20 bits per heavy atom. The number of nitrogens with zero attached hydrogens (tertiary/aromatic N) is 2. The molecule has 146 valence electrons. The average Bonchev–Trinajstić information content (AvgIpc) is 2.88. The van der Waals surface area contributed by atoms with Gasteiger partial charge in [-0.2, -0.15) is 18.3 Å². The van der Waals surface area contributed by atoms with Crippen molar-refractivity contribution < 1.29 is 31.5 Å². The van der Waals surface area contributed by atoms with E-state index in [4.69, 9.17) is 13.8 Å². The number of halogens is 3. The molecule has 0 aliphatic carbocycles. The third-order valence-corrected chi connectivity index (χ3v) is 6.96. The summed E-state index contributed by atoms with van der Waals surface area (Å²) in [5, 5.41) is 3.49. The summed E-state index contributed by atoms with van der Waals surface area (Å²) >= 11 is 0. The molecule has 25 heavy (non-hydrogen) atoms. The maximum absolute atomic E-state index is 13.0. The quantitative estimate of drug-likeness (QED) is 0.335. The molecule has 11 heteroatoms. The van der Waals surface area contributed by atoms with Gasteiger partial charge in [0.05, 0.1) is 13.2 Å². The van der Waals surface area contributed by atoms with Crippen LogP contribution in [0.5, 0.6) is 0 Å². The molecule has 0 spiro atoms. The van der Waals surface area contributed by atoms with Crippen molar-refractivity contribution >= 4 is 21.1 Å². The fourth-order valence-electron chi connectivity index (χ4n) is 1.90. The molecule has 0 bridgehead atoms. The molecular formula is C14H26F3N2O4PSi. The minimum absolute atomic E-state index is 0.0281. The Hall–Kier alpha value is -0.673. The van der Waals surface area contributed by atoms with Crippen LogP contribution < -0.4 is 5.44 Å². The molecule has 0 aromatic carbocycles. The van der Waals surface area contributed by atoms with Crippen molar-refractivity contribution in [3.63, 3.8) is 0 Å². The fraction of sp³-hybridized carbons (Fsp3) is 0.786. The van der Waals surface area contributed by atoms with Crippen LogP contribution in [0.15, 0.2) is 6.07 Å². The van der Waals surface area contributed by atoms with Crippen molar-refractivity contribution in [2.24, 2.45) is 0 Å². The molecule has 1 rings (SSSR count). The topological polar surface area (TPSA) is 62.6 Å². The van der Waals surface area contributed by atoms with Gasteiger partial charge in [0.25, 0.3) is 0 Å². The van der Waals surface area contributed by atoms with Crippen LogP contribution in [0.4, 0.5) is 13.2 Å². The maximum Gasteiger partial charge on any atom is 0.435 e. The van der Waals surface area contributed by atoms with Gasteiger partial charge in [0.15, 0.2) is 11.1 Å². The first-order valence-corrected chi connectivity index (χ1v) is 13.3. The van der Waals surface area contributed by atoms with Gasteiger partial charge in [-0.1, -0.05) is 19.6 Å². The summed E-state index contributed by atoms with van der Waals surface area (Å²) in [7, 11) is -5.24. The molecule has 6 nitrogen and oxygen atoms in total. The Labute approximate surface area is 147 Å². The number of aromatic nitrogens is 2. The predicted molar refractivity (Wildman–Crippen MR) is 91.8 cm³/mol. The summed E-state index contributed by atoms with van der Waals surface area (Å²) in [6.45, 7) is 9.86. The zero-order valence-electron chi connectivity index (χ0n) is 15.2. The monoisotopic (exact) mass is 402 g/mol. The fourth-order valence-corrected chi connectivity index (χ4v) is 4.34. The lowest BCUT2D eigenvalue weighted by Crippen LogP contribution is -2.25. The van der Waals surface area contributed by atoms with Crippen LogP contribution in [0.25, 0.3) is 0 Å². The lowest BCUT2D eigenvalue weighted by atomic mass is 10.4. The van der Waals surface area contributed by atoms with Gasteiger partial charge in [0.1, 0.15) is 6.73 Å². The molecule has 1 aromatic rings. The van der Waals surface area contributed by atoms with E-state index in [1.165, 1.54) is 0 Å². The SMILES string of the molecule is CCOP(=O)(OCC)c1cc(C(F)(F)F)nn1COCC[Si](C)(C)C. The van der Waals surface area contributed by atoms with Crippen LogP contribution in [-0.4, -0.2) is 37.7 Å². The Balaban J connectivity index is 3.08. The van der Waals surface area contributed by atoms with Crippen LogP contribution in [-0.2, 0) is 31.3 Å². The van der Waals surface area contributed by atoms with Gasteiger partial charge in [-0.15, -0.1) is 0 Å². The minimum Gasteiger partial charge on any atom is -0.360 e. The Kier molecular flexibility index (Phi) is 7.88. The third-order valence-electron chi connectivity index (χ3n) is 3.14. The highest BCUT2D eigenvalue weighted by molar-refractivity contribution is 7.62. The van der Waals surface area contributed by atoms with E-state index in [0.717, 1.165) is 10.7 Å². The van der Waals surface area contributed by atoms with Gasteiger partial charge in [0.2, 0.25) is 0 Å². The zero-order chi connectivity index (χ0) is 19.3. The van der Waals surface area contributed by atoms with E-state index in [9.17, 15) is 17.7 Å². The third kappa shape index (κ3) is 6.86. The second kappa shape index (κ2) is 8.81. The van der Waals surface area contributed by atoms with Crippen molar-refractivity contribution in [2.45, 2.75) is 52.4 Å². The van der Waals surface area contributed by atoms with Crippen molar-refractivity contribution in [1.29, 1.82) is 0 Å². The molecule has 0 fully saturated rings. The molecule has 0 N–H and O–H groups in total. The number of hydrogen-bond donors (Lipinski definition) is 0. The van der Waals surface area contributed by atoms with E-state index >= 15 is 0 Å². The second-order valence-corrected chi connectivity index (χ2v) is 14.2. The second-order valence-electron chi connectivity index (χ2n) is 6.57. The predicted octanol–water partition coefficient (Wildman–Crippen LogP) is 4.11. The number of hydrogen-bond acceptors (Lipinski definition) is 5. The molecule has 0 unspecified atom stereocenters. The van der Waals surface area contributed by atoms with Gasteiger partial charge in [-0.05, 0) is 19.9 Å². The van der Waals surface area contributed by atoms with Crippen LogP contribution in [0.2, 0.25) is 25.7 Å². The zero-order valence-corrected chi connectivity index (χ0v) is 17.1. The van der Waals surface area contributed by atoms with Crippen LogP contribution >= 0.6 is 7.60 Å². The molecule has 0 amide bonds. The van der Waals surface area contributed by atoms with Gasteiger partial charge in [0, 0.05) is 20.7 Å². The van der Waals surface area contributed by atoms with Gasteiger partial charge in [-0.25, -0.2) is 4.68 Å². The van der Waals surface area contributed by atoms with Crippen molar-refractivity contribution in [2.75, 3.05) is 19.8 Å². The van der Waals surface area contributed by atoms with Gasteiger partial charge >= 0.3 is 13.8 Å². The Morgan fingerprint density at radius 2 is 1.76 bits per heavy atom. The molecule has 1 aromatic heterocycles. The van der Waals surface area contributed by atoms with Gasteiger partial charge in [-0.3, -0.25) is 4.57 Å². The van der Waals surface area contributed by atoms with E-state index in [2.05, 4.69) is 24.7 Å². The summed E-state index contributed by atoms with van der Waals surface area (Å²) in [4.78, 5) is 0. The average molecular weight is 402 g/mol. The maximum atomic E-state index is 13.0. The number of ether oxygens (including phenoxy) is 1. The first-order valence-electron chi connectivity index (χ1n) is 8.05. The van der Waals surface area contributed by atoms with Gasteiger partial charge < -0.3 is 13.8 Å². The van der Waals surface area contributed by atoms with Crippen LogP contribution in [0, 0.1) is 0 Å². The number of alkyl halides is 3. The molecule has 0 atom stereocenters. The highest BCUT2D eigenvalue weighted by atomic mass is 31.2. The summed E-state index contributed by atoms with van der Waals surface area (Å²) in [5.41, 5.74) is -1.41. The van der Waals surface area contributed by atoms with E-state index in [-0.39, 0.29) is 25.4 Å². The highest BCUT2D eigenvalue weighted by Gasteiger charge is 2.40. The normalized spacial score (nSPS) is 13.4. The molecule has 0 aliphatic rings. The molecular weight excluding hydrogens is 376 g/mol. The molecule has 1 heterocycles. The molecule has 0 radical (unpaired) electrons. The van der Waals surface area contributed by atoms with E-state index in [1.54, 1.807) is 13.8 Å². The van der Waals surface area contributed by atoms with Crippen molar-refractivity contribution in [3.8, 4) is 0 Å². The standard InChI is InChI=1S/C14H26F3N2O4PSi/c1-6-22-24(20,23-7-2)13-10-12(14(15,16)17)18-19(13)11-21-8-9-25(3,4)5/h10H,6-9,11H2,1-5H3. The smallest absolute Gasteiger partial charge is 0.360 e. The van der Waals surface area contributed by atoms with Crippen molar-refractivity contribution in [1.82, 2.24) is 9.78 Å². The van der Waals surface area contributed by atoms with Crippen molar-refractivity contribution in [3.05, 3.63) is 11.8 Å². The lowest BCUT2D eigenvalue weighted by Gasteiger charge is -2.19. The Morgan fingerprint density at radius 1 is 1.20 bits per heavy atom. The summed E-state index contributed by atoms with van der Waals surface area (Å²) < 4.78 is 68.5. The summed E-state index contributed by atoms with van der Waals surface area (Å²) in [6.07, 6.45) is -4.67. The first kappa shape index (κ1) is 22.4. The minimum atomic E-state index is -4.67. The van der Waals surface area contributed by atoms with Crippen LogP contribution in [0.1, 0.15) is 19.5 Å². The molecule has 0 saturated heterocycles. The molecule has 0 saturated carbocycles. The molecule has 0 aliphatic heterocycles. The van der Waals surface area contributed by atoms with E-state index in [1.807, 2.05) is 0 Å². The van der Waals surface area contributed by atoms with E-state index < -0.39 is 27.5 Å². The number of rotatable bonds is 10.